The minimum absolute atomic E-state index is 0.114. The second-order valence-corrected chi connectivity index (χ2v) is 4.69. The Labute approximate surface area is 109 Å². The molecule has 0 radical (unpaired) electrons. The number of para-hydroxylation sites is 1. The smallest absolute Gasteiger partial charge is 0.328 e. The van der Waals surface area contributed by atoms with E-state index in [1.54, 1.807) is 10.6 Å². The van der Waals surface area contributed by atoms with Crippen LogP contribution < -0.4 is 5.56 Å². The first-order valence-electron chi connectivity index (χ1n) is 6.23. The highest BCUT2D eigenvalue weighted by molar-refractivity contribution is 5.88. The number of pyridine rings is 1. The van der Waals surface area contributed by atoms with Gasteiger partial charge in [-0.3, -0.25) is 4.79 Å². The van der Waals surface area contributed by atoms with Crippen molar-refractivity contribution in [2.75, 3.05) is 0 Å². The zero-order valence-corrected chi connectivity index (χ0v) is 10.3. The van der Waals surface area contributed by atoms with E-state index in [2.05, 4.69) is 0 Å². The van der Waals surface area contributed by atoms with Crippen molar-refractivity contribution in [2.45, 2.75) is 19.4 Å². The Balaban J connectivity index is 2.31. The molecule has 0 atom stereocenters. The molecule has 0 aliphatic carbocycles. The maximum atomic E-state index is 12.3. The highest BCUT2D eigenvalue weighted by Gasteiger charge is 2.14. The van der Waals surface area contributed by atoms with Crippen molar-refractivity contribution in [3.63, 3.8) is 0 Å². The number of nitrogens with zero attached hydrogens (tertiary/aromatic N) is 1. The highest BCUT2D eigenvalue weighted by atomic mass is 16.4. The quantitative estimate of drug-likeness (QED) is 0.835. The second kappa shape index (κ2) is 4.39. The van der Waals surface area contributed by atoms with E-state index in [1.165, 1.54) is 11.6 Å². The molecule has 0 unspecified atom stereocenters. The summed E-state index contributed by atoms with van der Waals surface area (Å²) in [6.07, 6.45) is 4.30. The van der Waals surface area contributed by atoms with Crippen LogP contribution in [-0.4, -0.2) is 15.6 Å². The van der Waals surface area contributed by atoms with E-state index in [0.29, 0.717) is 12.1 Å². The Bertz CT molecular complexity index is 756. The van der Waals surface area contributed by atoms with Crippen LogP contribution in [0.1, 0.15) is 17.5 Å². The van der Waals surface area contributed by atoms with Gasteiger partial charge in [-0.1, -0.05) is 18.2 Å². The number of carboxylic acid groups (broad SMARTS) is 1. The molecule has 4 nitrogen and oxygen atoms in total. The maximum absolute atomic E-state index is 12.3. The van der Waals surface area contributed by atoms with Crippen LogP contribution >= 0.6 is 0 Å². The lowest BCUT2D eigenvalue weighted by Gasteiger charge is -2.19. The van der Waals surface area contributed by atoms with Gasteiger partial charge in [-0.2, -0.15) is 0 Å². The van der Waals surface area contributed by atoms with Crippen LogP contribution in [-0.2, 0) is 17.8 Å². The number of aromatic nitrogens is 1. The summed E-state index contributed by atoms with van der Waals surface area (Å²) in [6, 6.07) is 7.74. The summed E-state index contributed by atoms with van der Waals surface area (Å²) in [6.45, 7) is 0.696. The molecule has 0 saturated heterocycles. The van der Waals surface area contributed by atoms with Gasteiger partial charge in [0.25, 0.3) is 5.56 Å². The van der Waals surface area contributed by atoms with Gasteiger partial charge in [-0.05, 0) is 35.9 Å². The van der Waals surface area contributed by atoms with Gasteiger partial charge in [0.15, 0.2) is 0 Å². The normalized spacial score (nSPS) is 14.1. The number of rotatable bonds is 2. The lowest BCUT2D eigenvalue weighted by molar-refractivity contribution is -0.131. The van der Waals surface area contributed by atoms with E-state index in [9.17, 15) is 9.59 Å². The zero-order valence-electron chi connectivity index (χ0n) is 10.3. The molecule has 2 heterocycles. The average molecular weight is 255 g/mol. The highest BCUT2D eigenvalue weighted by Crippen LogP contribution is 2.24. The minimum atomic E-state index is -1.05. The molecule has 2 aromatic rings. The van der Waals surface area contributed by atoms with E-state index >= 15 is 0 Å². The summed E-state index contributed by atoms with van der Waals surface area (Å²) in [4.78, 5) is 22.9. The lowest BCUT2D eigenvalue weighted by atomic mass is 10.00. The van der Waals surface area contributed by atoms with Crippen LogP contribution in [0.3, 0.4) is 0 Å². The molecule has 0 fully saturated rings. The van der Waals surface area contributed by atoms with Crippen molar-refractivity contribution in [2.24, 2.45) is 0 Å². The van der Waals surface area contributed by atoms with Gasteiger partial charge in [0.2, 0.25) is 0 Å². The fourth-order valence-corrected chi connectivity index (χ4v) is 2.67. The number of benzene rings is 1. The predicted octanol–water partition coefficient (Wildman–Crippen LogP) is 2.05. The molecule has 0 amide bonds. The van der Waals surface area contributed by atoms with Crippen LogP contribution in [0.15, 0.2) is 35.1 Å². The standard InChI is InChI=1S/C15H13NO3/c17-13(18)7-6-12-9-11-4-1-3-10-5-2-8-16(14(10)11)15(12)19/h1,3-4,6-7,9H,2,5,8H2,(H,17,18). The van der Waals surface area contributed by atoms with Crippen LogP contribution in [0.4, 0.5) is 0 Å². The topological polar surface area (TPSA) is 59.3 Å². The molecule has 96 valence electrons. The Kier molecular flexibility index (Phi) is 2.71. The molecule has 1 aromatic heterocycles. The Hall–Kier alpha value is -2.36. The number of aryl methyl sites for hydroxylation is 2. The van der Waals surface area contributed by atoms with Crippen LogP contribution in [0.5, 0.6) is 0 Å². The first-order valence-corrected chi connectivity index (χ1v) is 6.23. The van der Waals surface area contributed by atoms with Crippen molar-refractivity contribution in [3.8, 4) is 0 Å². The van der Waals surface area contributed by atoms with E-state index in [-0.39, 0.29) is 5.56 Å². The number of carboxylic acids is 1. The number of carbonyl (C=O) groups is 1. The van der Waals surface area contributed by atoms with Gasteiger partial charge in [-0.25, -0.2) is 4.79 Å². The van der Waals surface area contributed by atoms with Gasteiger partial charge in [-0.15, -0.1) is 0 Å². The Morgan fingerprint density at radius 3 is 3.00 bits per heavy atom. The second-order valence-electron chi connectivity index (χ2n) is 4.69. The van der Waals surface area contributed by atoms with Gasteiger partial charge in [0.05, 0.1) is 5.52 Å². The summed E-state index contributed by atoms with van der Waals surface area (Å²) in [7, 11) is 0. The molecular formula is C15H13NO3. The van der Waals surface area contributed by atoms with Crippen molar-refractivity contribution in [3.05, 3.63) is 51.8 Å². The third-order valence-corrected chi connectivity index (χ3v) is 3.46. The maximum Gasteiger partial charge on any atom is 0.328 e. The largest absolute Gasteiger partial charge is 0.478 e. The van der Waals surface area contributed by atoms with Crippen LogP contribution in [0, 0.1) is 0 Å². The Morgan fingerprint density at radius 2 is 2.21 bits per heavy atom. The SMILES string of the molecule is O=C(O)C=Cc1cc2cccc3c2n(c1=O)CCC3. The predicted molar refractivity (Wildman–Crippen MR) is 73.2 cm³/mol. The third kappa shape index (κ3) is 1.95. The van der Waals surface area contributed by atoms with Crippen molar-refractivity contribution < 1.29 is 9.90 Å². The van der Waals surface area contributed by atoms with E-state index in [1.807, 2.05) is 18.2 Å². The minimum Gasteiger partial charge on any atom is -0.478 e. The molecule has 0 saturated carbocycles. The Morgan fingerprint density at radius 1 is 1.37 bits per heavy atom. The fourth-order valence-electron chi connectivity index (χ4n) is 2.67. The van der Waals surface area contributed by atoms with E-state index in [4.69, 9.17) is 5.11 Å². The van der Waals surface area contributed by atoms with Gasteiger partial charge in [0, 0.05) is 18.2 Å². The van der Waals surface area contributed by atoms with Crippen molar-refractivity contribution in [1.29, 1.82) is 0 Å². The molecule has 0 bridgehead atoms. The summed E-state index contributed by atoms with van der Waals surface area (Å²) in [5.74, 6) is -1.05. The van der Waals surface area contributed by atoms with Gasteiger partial charge < -0.3 is 9.67 Å². The summed E-state index contributed by atoms with van der Waals surface area (Å²) in [5.41, 5.74) is 2.49. The molecule has 0 spiro atoms. The van der Waals surface area contributed by atoms with Gasteiger partial charge in [0.1, 0.15) is 0 Å². The summed E-state index contributed by atoms with van der Waals surface area (Å²) < 4.78 is 1.76. The molecule has 1 aliphatic heterocycles. The van der Waals surface area contributed by atoms with Crippen molar-refractivity contribution >= 4 is 22.9 Å². The van der Waals surface area contributed by atoms with E-state index < -0.39 is 5.97 Å². The first-order chi connectivity index (χ1) is 9.16. The molecular weight excluding hydrogens is 242 g/mol. The first kappa shape index (κ1) is 11.7. The third-order valence-electron chi connectivity index (χ3n) is 3.46. The molecule has 19 heavy (non-hydrogen) atoms. The van der Waals surface area contributed by atoms with Gasteiger partial charge >= 0.3 is 5.97 Å². The van der Waals surface area contributed by atoms with Crippen LogP contribution in [0.25, 0.3) is 17.0 Å². The van der Waals surface area contributed by atoms with Crippen molar-refractivity contribution in [1.82, 2.24) is 4.57 Å². The zero-order chi connectivity index (χ0) is 13.4. The molecule has 1 aliphatic rings. The monoisotopic (exact) mass is 255 g/mol. The summed E-state index contributed by atoms with van der Waals surface area (Å²) >= 11 is 0. The fraction of sp³-hybridized carbons (Fsp3) is 0.200. The summed E-state index contributed by atoms with van der Waals surface area (Å²) in [5, 5.41) is 9.65. The molecule has 1 N–H and O–H groups in total. The molecule has 3 rings (SSSR count). The number of aliphatic carboxylic acids is 1. The van der Waals surface area contributed by atoms with E-state index in [0.717, 1.165) is 29.8 Å². The lowest BCUT2D eigenvalue weighted by Crippen LogP contribution is -2.26. The molecule has 1 aromatic carbocycles. The molecule has 4 heteroatoms. The van der Waals surface area contributed by atoms with Crippen LogP contribution in [0.2, 0.25) is 0 Å². The number of hydrogen-bond donors (Lipinski definition) is 1. The number of hydrogen-bond acceptors (Lipinski definition) is 2. The average Bonchev–Trinajstić information content (AvgIpc) is 2.41.